The predicted molar refractivity (Wildman–Crippen MR) is 74.8 cm³/mol. The van der Waals surface area contributed by atoms with Gasteiger partial charge in [0.1, 0.15) is 11.6 Å². The van der Waals surface area contributed by atoms with E-state index < -0.39 is 6.36 Å². The van der Waals surface area contributed by atoms with Crippen LogP contribution in [0.1, 0.15) is 11.4 Å². The zero-order chi connectivity index (χ0) is 15.3. The third-order valence-corrected chi connectivity index (χ3v) is 3.26. The molecule has 0 aliphatic carbocycles. The summed E-state index contributed by atoms with van der Waals surface area (Å²) < 4.78 is 40.6. The molecule has 2 N–H and O–H groups in total. The molecule has 0 spiro atoms. The molecule has 1 heterocycles. The number of nitrogens with one attached hydrogen (secondary N) is 2. The molecule has 0 saturated heterocycles. The van der Waals surface area contributed by atoms with Crippen molar-refractivity contribution >= 4 is 15.9 Å². The molecule has 1 aromatic carbocycles. The van der Waals surface area contributed by atoms with E-state index in [1.807, 2.05) is 0 Å². The van der Waals surface area contributed by atoms with Crippen LogP contribution in [0.5, 0.6) is 5.75 Å². The Balaban J connectivity index is 1.82. The molecular formula is C13H13BrF3N3O. The number of nitrogens with zero attached hydrogens (tertiary/aromatic N) is 1. The van der Waals surface area contributed by atoms with Crippen molar-refractivity contribution in [2.75, 3.05) is 6.54 Å². The number of alkyl halides is 3. The zero-order valence-electron chi connectivity index (χ0n) is 10.9. The first-order chi connectivity index (χ1) is 9.94. The van der Waals surface area contributed by atoms with Crippen LogP contribution in [0.4, 0.5) is 13.2 Å². The minimum absolute atomic E-state index is 0.248. The van der Waals surface area contributed by atoms with Crippen molar-refractivity contribution in [3.8, 4) is 5.75 Å². The summed E-state index contributed by atoms with van der Waals surface area (Å²) in [5.74, 6) is 0.638. The van der Waals surface area contributed by atoms with Crippen molar-refractivity contribution < 1.29 is 17.9 Å². The smallest absolute Gasteiger partial charge is 0.405 e. The van der Waals surface area contributed by atoms with Gasteiger partial charge in [-0.15, -0.1) is 13.2 Å². The largest absolute Gasteiger partial charge is 0.573 e. The zero-order valence-corrected chi connectivity index (χ0v) is 12.5. The average molecular weight is 364 g/mol. The van der Waals surface area contributed by atoms with Gasteiger partial charge in [0.15, 0.2) is 0 Å². The summed E-state index contributed by atoms with van der Waals surface area (Å²) in [6, 6.07) is 4.48. The summed E-state index contributed by atoms with van der Waals surface area (Å²) in [5, 5.41) is 3.19. The van der Waals surface area contributed by atoms with Gasteiger partial charge in [-0.1, -0.05) is 6.07 Å². The Labute approximate surface area is 127 Å². The van der Waals surface area contributed by atoms with Gasteiger partial charge in [-0.05, 0) is 33.6 Å². The molecule has 21 heavy (non-hydrogen) atoms. The second-order valence-electron chi connectivity index (χ2n) is 4.28. The van der Waals surface area contributed by atoms with Crippen LogP contribution in [0.2, 0.25) is 0 Å². The number of rotatable bonds is 6. The fraction of sp³-hybridized carbons (Fsp3) is 0.308. The van der Waals surface area contributed by atoms with Crippen molar-refractivity contribution in [1.29, 1.82) is 0 Å². The Morgan fingerprint density at radius 2 is 2.14 bits per heavy atom. The van der Waals surface area contributed by atoms with Gasteiger partial charge in [-0.25, -0.2) is 4.98 Å². The highest BCUT2D eigenvalue weighted by molar-refractivity contribution is 9.10. The molecule has 1 aromatic heterocycles. The molecule has 4 nitrogen and oxygen atoms in total. The van der Waals surface area contributed by atoms with Crippen molar-refractivity contribution in [2.24, 2.45) is 0 Å². The highest BCUT2D eigenvalue weighted by atomic mass is 79.9. The van der Waals surface area contributed by atoms with E-state index in [1.165, 1.54) is 6.07 Å². The quantitative estimate of drug-likeness (QED) is 0.773. The number of hydrogen-bond acceptors (Lipinski definition) is 3. The Bertz CT molecular complexity index is 573. The predicted octanol–water partition coefficient (Wildman–Crippen LogP) is 3.40. The maximum Gasteiger partial charge on any atom is 0.573 e. The highest BCUT2D eigenvalue weighted by Crippen LogP contribution is 2.30. The lowest BCUT2D eigenvalue weighted by Crippen LogP contribution is -2.18. The lowest BCUT2D eigenvalue weighted by atomic mass is 10.2. The van der Waals surface area contributed by atoms with Crippen molar-refractivity contribution in [3.05, 3.63) is 46.5 Å². The topological polar surface area (TPSA) is 49.9 Å². The Morgan fingerprint density at radius 1 is 1.33 bits per heavy atom. The van der Waals surface area contributed by atoms with E-state index in [0.717, 1.165) is 17.8 Å². The first-order valence-corrected chi connectivity index (χ1v) is 6.96. The van der Waals surface area contributed by atoms with Gasteiger partial charge in [-0.3, -0.25) is 0 Å². The monoisotopic (exact) mass is 363 g/mol. The van der Waals surface area contributed by atoms with Crippen LogP contribution in [-0.2, 0) is 13.0 Å². The van der Waals surface area contributed by atoms with Gasteiger partial charge in [-0.2, -0.15) is 0 Å². The van der Waals surface area contributed by atoms with E-state index >= 15 is 0 Å². The number of ether oxygens (including phenoxy) is 1. The number of halogens is 4. The highest BCUT2D eigenvalue weighted by Gasteiger charge is 2.31. The standard InChI is InChI=1S/C13H13BrF3N3O/c14-10-7-9(1-2-11(10)21-13(15,16)17)8-18-4-3-12-19-5-6-20-12/h1-2,5-7,18H,3-4,8H2,(H,19,20). The average Bonchev–Trinajstić information content (AvgIpc) is 2.89. The van der Waals surface area contributed by atoms with Crippen molar-refractivity contribution in [2.45, 2.75) is 19.3 Å². The lowest BCUT2D eigenvalue weighted by Gasteiger charge is -2.11. The number of aromatic nitrogens is 2. The van der Waals surface area contributed by atoms with Crippen LogP contribution in [0, 0.1) is 0 Å². The molecule has 114 valence electrons. The number of aromatic amines is 1. The van der Waals surface area contributed by atoms with E-state index in [2.05, 4.69) is 36.0 Å². The molecule has 8 heteroatoms. The van der Waals surface area contributed by atoms with Gasteiger partial charge >= 0.3 is 6.36 Å². The number of hydrogen-bond donors (Lipinski definition) is 2. The first kappa shape index (κ1) is 15.8. The van der Waals surface area contributed by atoms with Crippen LogP contribution in [0.15, 0.2) is 35.1 Å². The summed E-state index contributed by atoms with van der Waals surface area (Å²) in [7, 11) is 0. The van der Waals surface area contributed by atoms with Crippen LogP contribution in [0.25, 0.3) is 0 Å². The fourth-order valence-corrected chi connectivity index (χ4v) is 2.24. The molecule has 0 amide bonds. The molecule has 0 saturated carbocycles. The molecule has 0 atom stereocenters. The fourth-order valence-electron chi connectivity index (χ4n) is 1.74. The van der Waals surface area contributed by atoms with Gasteiger partial charge in [0.2, 0.25) is 0 Å². The van der Waals surface area contributed by atoms with E-state index in [0.29, 0.717) is 13.1 Å². The molecule has 2 aromatic rings. The minimum Gasteiger partial charge on any atom is -0.405 e. The second kappa shape index (κ2) is 6.95. The maximum absolute atomic E-state index is 12.1. The molecule has 2 rings (SSSR count). The maximum atomic E-state index is 12.1. The van der Waals surface area contributed by atoms with Gasteiger partial charge in [0.05, 0.1) is 4.47 Å². The third-order valence-electron chi connectivity index (χ3n) is 2.64. The Hall–Kier alpha value is -1.54. The van der Waals surface area contributed by atoms with Crippen LogP contribution in [0.3, 0.4) is 0 Å². The normalized spacial score (nSPS) is 11.6. The summed E-state index contributed by atoms with van der Waals surface area (Å²) in [4.78, 5) is 7.09. The van der Waals surface area contributed by atoms with Gasteiger partial charge < -0.3 is 15.0 Å². The third kappa shape index (κ3) is 5.39. The molecule has 0 radical (unpaired) electrons. The molecular weight excluding hydrogens is 351 g/mol. The molecule has 0 fully saturated rings. The van der Waals surface area contributed by atoms with Crippen LogP contribution < -0.4 is 10.1 Å². The molecule has 0 aliphatic rings. The van der Waals surface area contributed by atoms with Gasteiger partial charge in [0, 0.05) is 31.9 Å². The summed E-state index contributed by atoms with van der Waals surface area (Å²) in [6.07, 6.45) is -0.494. The number of benzene rings is 1. The van der Waals surface area contributed by atoms with E-state index in [1.54, 1.807) is 24.5 Å². The van der Waals surface area contributed by atoms with E-state index in [9.17, 15) is 13.2 Å². The SMILES string of the molecule is FC(F)(F)Oc1ccc(CNCCc2ncc[nH]2)cc1Br. The summed E-state index contributed by atoms with van der Waals surface area (Å²) >= 11 is 3.07. The lowest BCUT2D eigenvalue weighted by molar-refractivity contribution is -0.274. The minimum atomic E-state index is -4.69. The number of imidazole rings is 1. The van der Waals surface area contributed by atoms with Crippen LogP contribution in [-0.4, -0.2) is 22.9 Å². The molecule has 0 aliphatic heterocycles. The van der Waals surface area contributed by atoms with Crippen molar-refractivity contribution in [1.82, 2.24) is 15.3 Å². The first-order valence-electron chi connectivity index (χ1n) is 6.17. The second-order valence-corrected chi connectivity index (χ2v) is 5.13. The molecule has 0 bridgehead atoms. The Morgan fingerprint density at radius 3 is 2.76 bits per heavy atom. The Kier molecular flexibility index (Phi) is 5.24. The number of H-pyrrole nitrogens is 1. The molecule has 0 unspecified atom stereocenters. The van der Waals surface area contributed by atoms with E-state index in [4.69, 9.17) is 0 Å². The summed E-state index contributed by atoms with van der Waals surface area (Å²) in [6.45, 7) is 1.26. The van der Waals surface area contributed by atoms with Crippen molar-refractivity contribution in [3.63, 3.8) is 0 Å². The van der Waals surface area contributed by atoms with Crippen LogP contribution >= 0.6 is 15.9 Å². The summed E-state index contributed by atoms with van der Waals surface area (Å²) in [5.41, 5.74) is 0.857. The van der Waals surface area contributed by atoms with Gasteiger partial charge in [0.25, 0.3) is 0 Å². The van der Waals surface area contributed by atoms with E-state index in [-0.39, 0.29) is 10.2 Å².